The van der Waals surface area contributed by atoms with Crippen LogP contribution in [0.3, 0.4) is 0 Å². The van der Waals surface area contributed by atoms with Gasteiger partial charge < -0.3 is 9.26 Å². The summed E-state index contributed by atoms with van der Waals surface area (Å²) in [5.74, 6) is 1.19. The first kappa shape index (κ1) is 23.1. The Morgan fingerprint density at radius 1 is 1.12 bits per heavy atom. The quantitative estimate of drug-likeness (QED) is 0.527. The van der Waals surface area contributed by atoms with Crippen molar-refractivity contribution in [2.45, 2.75) is 37.6 Å². The minimum atomic E-state index is -3.72. The first-order valence-corrected chi connectivity index (χ1v) is 13.3. The number of benzene rings is 2. The summed E-state index contributed by atoms with van der Waals surface area (Å²) in [5.41, 5.74) is 4.23. The number of hydrogen-bond donors (Lipinski definition) is 0. The van der Waals surface area contributed by atoms with Crippen LogP contribution in [0.2, 0.25) is 0 Å². The molecule has 3 aromatic rings. The van der Waals surface area contributed by atoms with E-state index in [0.717, 1.165) is 44.6 Å². The lowest BCUT2D eigenvalue weighted by atomic mass is 9.95. The van der Waals surface area contributed by atoms with Gasteiger partial charge in [-0.1, -0.05) is 29.4 Å². The fraction of sp³-hybridized carbons (Fsp3) is 0.423. The third-order valence-corrected chi connectivity index (χ3v) is 8.79. The molecule has 7 nitrogen and oxygen atoms in total. The van der Waals surface area contributed by atoms with Gasteiger partial charge in [-0.3, -0.25) is 4.90 Å². The summed E-state index contributed by atoms with van der Waals surface area (Å²) in [6.45, 7) is 5.75. The molecule has 180 valence electrons. The van der Waals surface area contributed by atoms with E-state index in [1.165, 1.54) is 18.2 Å². The Morgan fingerprint density at radius 2 is 1.94 bits per heavy atom. The number of hydrogen-bond acceptors (Lipinski definition) is 6. The van der Waals surface area contributed by atoms with Crippen LogP contribution in [0.25, 0.3) is 11.3 Å². The van der Waals surface area contributed by atoms with Crippen LogP contribution >= 0.6 is 0 Å². The average Bonchev–Trinajstić information content (AvgIpc) is 3.30. The van der Waals surface area contributed by atoms with Gasteiger partial charge in [0.15, 0.2) is 5.76 Å². The molecule has 0 radical (unpaired) electrons. The molecule has 2 aliphatic rings. The molecule has 1 atom stereocenters. The maximum absolute atomic E-state index is 13.7. The zero-order chi connectivity index (χ0) is 23.7. The van der Waals surface area contributed by atoms with Crippen LogP contribution in [0.15, 0.2) is 57.9 Å². The summed E-state index contributed by atoms with van der Waals surface area (Å²) in [5, 5.41) is 3.93. The van der Waals surface area contributed by atoms with Crippen molar-refractivity contribution in [2.75, 3.05) is 33.3 Å². The number of methoxy groups -OCH3 is 1. The van der Waals surface area contributed by atoms with Crippen LogP contribution in [0.4, 0.5) is 0 Å². The van der Waals surface area contributed by atoms with Gasteiger partial charge in [0.2, 0.25) is 10.0 Å². The molecule has 0 spiro atoms. The summed E-state index contributed by atoms with van der Waals surface area (Å²) in [7, 11) is -2.22. The number of piperidine rings is 1. The van der Waals surface area contributed by atoms with Crippen molar-refractivity contribution in [3.63, 3.8) is 0 Å². The van der Waals surface area contributed by atoms with Gasteiger partial charge in [-0.25, -0.2) is 8.42 Å². The van der Waals surface area contributed by atoms with E-state index in [0.29, 0.717) is 36.1 Å². The van der Waals surface area contributed by atoms with Crippen LogP contribution in [0.5, 0.6) is 5.75 Å². The Labute approximate surface area is 201 Å². The van der Waals surface area contributed by atoms with Crippen LogP contribution in [-0.2, 0) is 23.0 Å². The Morgan fingerprint density at radius 3 is 2.71 bits per heavy atom. The maximum Gasteiger partial charge on any atom is 0.246 e. The van der Waals surface area contributed by atoms with Gasteiger partial charge in [-0.2, -0.15) is 4.31 Å². The maximum atomic E-state index is 13.7. The van der Waals surface area contributed by atoms with E-state index in [1.807, 2.05) is 6.92 Å². The minimum Gasteiger partial charge on any atom is -0.495 e. The number of aromatic nitrogens is 1. The molecule has 3 heterocycles. The summed E-state index contributed by atoms with van der Waals surface area (Å²) in [6, 6.07) is 15.5. The number of sulfonamides is 1. The van der Waals surface area contributed by atoms with Gasteiger partial charge in [0.1, 0.15) is 10.6 Å². The molecule has 0 saturated carbocycles. The fourth-order valence-electron chi connectivity index (χ4n) is 5.14. The Balaban J connectivity index is 1.34. The van der Waals surface area contributed by atoms with Crippen molar-refractivity contribution < 1.29 is 17.7 Å². The van der Waals surface area contributed by atoms with Gasteiger partial charge in [0, 0.05) is 44.4 Å². The molecule has 5 rings (SSSR count). The molecule has 0 unspecified atom stereocenters. The molecule has 2 aromatic carbocycles. The van der Waals surface area contributed by atoms with Gasteiger partial charge >= 0.3 is 0 Å². The first-order chi connectivity index (χ1) is 16.4. The van der Waals surface area contributed by atoms with Crippen molar-refractivity contribution in [3.8, 4) is 17.1 Å². The standard InChI is InChI=1S/C26H31N3O4S/c1-19-14-25(33-27-19)22-9-10-24(32-2)26(15-22)34(30,31)29-12-5-6-20(17-29)16-28-13-11-21-7-3-4-8-23(21)18-28/h3-4,7-10,14-15,20H,5-6,11-13,16-18H2,1-2H3/t20-/m1/s1. The second-order valence-corrected chi connectivity index (χ2v) is 11.2. The predicted molar refractivity (Wildman–Crippen MR) is 130 cm³/mol. The van der Waals surface area contributed by atoms with E-state index in [-0.39, 0.29) is 4.90 Å². The van der Waals surface area contributed by atoms with Crippen molar-refractivity contribution >= 4 is 10.0 Å². The second-order valence-electron chi connectivity index (χ2n) is 9.32. The van der Waals surface area contributed by atoms with E-state index in [9.17, 15) is 8.42 Å². The molecule has 1 fully saturated rings. The normalized spacial score (nSPS) is 19.6. The van der Waals surface area contributed by atoms with Crippen LogP contribution in [-0.4, -0.2) is 56.1 Å². The molecule has 0 aliphatic carbocycles. The molecule has 2 aliphatic heterocycles. The molecule has 1 saturated heterocycles. The van der Waals surface area contributed by atoms with Gasteiger partial charge in [-0.15, -0.1) is 0 Å². The number of ether oxygens (including phenoxy) is 1. The van der Waals surface area contributed by atoms with E-state index < -0.39 is 10.0 Å². The molecule has 0 bridgehead atoms. The lowest BCUT2D eigenvalue weighted by Crippen LogP contribution is -2.44. The molecular formula is C26H31N3O4S. The fourth-order valence-corrected chi connectivity index (χ4v) is 6.88. The SMILES string of the molecule is COc1ccc(-c2cc(C)no2)cc1S(=O)(=O)N1CCC[C@H](CN2CCc3ccccc3C2)C1. The molecular weight excluding hydrogens is 450 g/mol. The Hall–Kier alpha value is -2.68. The number of fused-ring (bicyclic) bond motifs is 1. The Kier molecular flexibility index (Phi) is 6.46. The highest BCUT2D eigenvalue weighted by Crippen LogP contribution is 2.34. The average molecular weight is 482 g/mol. The van der Waals surface area contributed by atoms with Crippen LogP contribution < -0.4 is 4.74 Å². The molecule has 0 N–H and O–H groups in total. The lowest BCUT2D eigenvalue weighted by molar-refractivity contribution is 0.167. The largest absolute Gasteiger partial charge is 0.495 e. The zero-order valence-corrected chi connectivity index (χ0v) is 20.6. The van der Waals surface area contributed by atoms with Crippen LogP contribution in [0.1, 0.15) is 29.7 Å². The highest BCUT2D eigenvalue weighted by molar-refractivity contribution is 7.89. The lowest BCUT2D eigenvalue weighted by Gasteiger charge is -2.36. The summed E-state index contributed by atoms with van der Waals surface area (Å²) >= 11 is 0. The van der Waals surface area contributed by atoms with Crippen LogP contribution in [0, 0.1) is 12.8 Å². The summed E-state index contributed by atoms with van der Waals surface area (Å²) in [6.07, 6.45) is 2.95. The topological polar surface area (TPSA) is 75.9 Å². The molecule has 0 amide bonds. The van der Waals surface area contributed by atoms with Crippen molar-refractivity contribution in [1.82, 2.24) is 14.4 Å². The third-order valence-electron chi connectivity index (χ3n) is 6.90. The number of aryl methyl sites for hydroxylation is 1. The Bertz CT molecular complexity index is 1270. The van der Waals surface area contributed by atoms with E-state index >= 15 is 0 Å². The van der Waals surface area contributed by atoms with Gasteiger partial charge in [0.05, 0.1) is 12.8 Å². The molecule has 8 heteroatoms. The zero-order valence-electron chi connectivity index (χ0n) is 19.7. The van der Waals surface area contributed by atoms with E-state index in [2.05, 4.69) is 34.3 Å². The van der Waals surface area contributed by atoms with Gasteiger partial charge in [-0.05, 0) is 61.4 Å². The van der Waals surface area contributed by atoms with Crippen molar-refractivity contribution in [1.29, 1.82) is 0 Å². The first-order valence-electron chi connectivity index (χ1n) is 11.8. The third kappa shape index (κ3) is 4.62. The highest BCUT2D eigenvalue weighted by atomic mass is 32.2. The van der Waals surface area contributed by atoms with Gasteiger partial charge in [0.25, 0.3) is 0 Å². The van der Waals surface area contributed by atoms with E-state index in [1.54, 1.807) is 28.6 Å². The van der Waals surface area contributed by atoms with Crippen molar-refractivity contribution in [3.05, 3.63) is 65.4 Å². The smallest absolute Gasteiger partial charge is 0.246 e. The highest BCUT2D eigenvalue weighted by Gasteiger charge is 2.33. The molecule has 1 aromatic heterocycles. The van der Waals surface area contributed by atoms with E-state index in [4.69, 9.17) is 9.26 Å². The molecule has 34 heavy (non-hydrogen) atoms. The monoisotopic (exact) mass is 481 g/mol. The van der Waals surface area contributed by atoms with Crippen molar-refractivity contribution in [2.24, 2.45) is 5.92 Å². The second kappa shape index (κ2) is 9.52. The predicted octanol–water partition coefficient (Wildman–Crippen LogP) is 4.12. The number of rotatable bonds is 6. The minimum absolute atomic E-state index is 0.175. The summed E-state index contributed by atoms with van der Waals surface area (Å²) in [4.78, 5) is 2.64. The summed E-state index contributed by atoms with van der Waals surface area (Å²) < 4.78 is 39.9. The number of nitrogens with zero attached hydrogens (tertiary/aromatic N) is 3.